The van der Waals surface area contributed by atoms with Crippen LogP contribution in [0.5, 0.6) is 5.75 Å². The molecule has 2 aliphatic heterocycles. The predicted molar refractivity (Wildman–Crippen MR) is 140 cm³/mol. The molecule has 7 nitrogen and oxygen atoms in total. The van der Waals surface area contributed by atoms with Gasteiger partial charge in [0, 0.05) is 22.8 Å². The van der Waals surface area contributed by atoms with E-state index in [2.05, 4.69) is 5.32 Å². The van der Waals surface area contributed by atoms with Crippen LogP contribution < -0.4 is 10.1 Å². The maximum absolute atomic E-state index is 13.1. The summed E-state index contributed by atoms with van der Waals surface area (Å²) in [4.78, 5) is 40.0. The molecular formula is C25H23Cl3N2O5S. The summed E-state index contributed by atoms with van der Waals surface area (Å²) in [6.45, 7) is 1.60. The van der Waals surface area contributed by atoms with Crippen molar-refractivity contribution in [1.29, 1.82) is 0 Å². The molecule has 190 valence electrons. The summed E-state index contributed by atoms with van der Waals surface area (Å²) in [7, 11) is 1.49. The summed E-state index contributed by atoms with van der Waals surface area (Å²) >= 11 is 20.2. The molecule has 2 aromatic carbocycles. The number of benzene rings is 2. The summed E-state index contributed by atoms with van der Waals surface area (Å²) in [5.74, 6) is -0.405. The smallest absolute Gasteiger partial charge is 0.355 e. The Morgan fingerprint density at radius 2 is 1.94 bits per heavy atom. The van der Waals surface area contributed by atoms with Crippen LogP contribution in [0.4, 0.5) is 0 Å². The second-order valence-electron chi connectivity index (χ2n) is 8.27. The third kappa shape index (κ3) is 5.18. The summed E-state index contributed by atoms with van der Waals surface area (Å²) < 4.78 is 10.8. The van der Waals surface area contributed by atoms with Crippen LogP contribution in [0.25, 0.3) is 0 Å². The van der Waals surface area contributed by atoms with Crippen molar-refractivity contribution in [1.82, 2.24) is 10.2 Å². The lowest BCUT2D eigenvalue weighted by Crippen LogP contribution is -2.70. The first kappa shape index (κ1) is 26.7. The fourth-order valence-electron chi connectivity index (χ4n) is 4.15. The Kier molecular flexibility index (Phi) is 8.40. The van der Waals surface area contributed by atoms with Gasteiger partial charge in [-0.2, -0.15) is 0 Å². The van der Waals surface area contributed by atoms with Crippen LogP contribution in [0.3, 0.4) is 0 Å². The average molecular weight is 570 g/mol. The van der Waals surface area contributed by atoms with E-state index in [-0.39, 0.29) is 36.4 Å². The number of esters is 1. The molecule has 1 N–H and O–H groups in total. The molecule has 0 aliphatic carbocycles. The van der Waals surface area contributed by atoms with Gasteiger partial charge in [0.15, 0.2) is 0 Å². The van der Waals surface area contributed by atoms with E-state index in [9.17, 15) is 14.4 Å². The lowest BCUT2D eigenvalue weighted by Gasteiger charge is -2.49. The number of nitrogens with zero attached hydrogens (tertiary/aromatic N) is 1. The molecule has 2 aromatic rings. The minimum Gasteiger partial charge on any atom is -0.495 e. The van der Waals surface area contributed by atoms with Gasteiger partial charge in [-0.15, -0.1) is 23.4 Å². The van der Waals surface area contributed by atoms with Gasteiger partial charge >= 0.3 is 5.97 Å². The van der Waals surface area contributed by atoms with Crippen molar-refractivity contribution in [2.45, 2.75) is 31.4 Å². The zero-order valence-electron chi connectivity index (χ0n) is 19.5. The number of alkyl halides is 1. The monoisotopic (exact) mass is 568 g/mol. The van der Waals surface area contributed by atoms with Gasteiger partial charge < -0.3 is 14.8 Å². The van der Waals surface area contributed by atoms with Crippen LogP contribution in [0.15, 0.2) is 47.7 Å². The fraction of sp³-hybridized carbons (Fsp3) is 0.320. The SMILES string of the molecule is COc1c(Cl)cc(COC(=O)C2=C(CCl)CS[C@@H]3[C@H](NC(=O)Cc4ccccc4)C(=O)N23)c(Cl)c1C. The second-order valence-corrected chi connectivity index (χ2v) is 10.4. The molecule has 0 spiro atoms. The normalized spacial score (nSPS) is 18.9. The Balaban J connectivity index is 1.45. The second kappa shape index (κ2) is 11.3. The van der Waals surface area contributed by atoms with Gasteiger partial charge in [-0.1, -0.05) is 53.5 Å². The molecule has 2 amide bonds. The number of β-lactam (4-membered cyclic amide) rings is 1. The van der Waals surface area contributed by atoms with Crippen LogP contribution in [0.2, 0.25) is 10.0 Å². The Morgan fingerprint density at radius 3 is 2.61 bits per heavy atom. The molecule has 0 saturated carbocycles. The van der Waals surface area contributed by atoms with Crippen LogP contribution in [-0.4, -0.2) is 52.8 Å². The average Bonchev–Trinajstić information content (AvgIpc) is 2.88. The third-order valence-corrected chi connectivity index (χ3v) is 8.43. The van der Waals surface area contributed by atoms with Gasteiger partial charge in [-0.3, -0.25) is 14.5 Å². The Hall–Kier alpha value is -2.39. The molecule has 4 rings (SSSR count). The van der Waals surface area contributed by atoms with Gasteiger partial charge in [0.1, 0.15) is 29.5 Å². The molecular weight excluding hydrogens is 547 g/mol. The number of rotatable bonds is 8. The number of hydrogen-bond donors (Lipinski definition) is 1. The number of halogens is 3. The number of amides is 2. The number of nitrogens with one attached hydrogen (secondary N) is 1. The summed E-state index contributed by atoms with van der Waals surface area (Å²) in [5.41, 5.74) is 2.67. The highest BCUT2D eigenvalue weighted by Crippen LogP contribution is 2.41. The molecule has 1 saturated heterocycles. The van der Waals surface area contributed by atoms with Crippen LogP contribution >= 0.6 is 46.6 Å². The zero-order valence-corrected chi connectivity index (χ0v) is 22.6. The van der Waals surface area contributed by atoms with E-state index in [1.165, 1.54) is 23.8 Å². The van der Waals surface area contributed by atoms with Crippen LogP contribution in [0, 0.1) is 6.92 Å². The van der Waals surface area contributed by atoms with Gasteiger partial charge in [-0.05, 0) is 24.1 Å². The van der Waals surface area contributed by atoms with Gasteiger partial charge in [0.2, 0.25) is 5.91 Å². The molecule has 0 unspecified atom stereocenters. The standard InChI is InChI=1S/C25H23Cl3N2O5S/c1-13-19(28)15(9-17(27)22(13)34-2)11-35-25(33)21-16(10-26)12-36-24-20(23(32)30(21)24)29-18(31)8-14-6-4-3-5-7-14/h3-7,9,20,24H,8,10-12H2,1-2H3,(H,29,31)/t20-,24-/m1/s1. The number of methoxy groups -OCH3 is 1. The van der Waals surface area contributed by atoms with E-state index >= 15 is 0 Å². The Bertz CT molecular complexity index is 1240. The highest BCUT2D eigenvalue weighted by Gasteiger charge is 2.54. The van der Waals surface area contributed by atoms with Crippen molar-refractivity contribution >= 4 is 64.3 Å². The summed E-state index contributed by atoms with van der Waals surface area (Å²) in [6.07, 6.45) is 0.157. The molecule has 1 fully saturated rings. The van der Waals surface area contributed by atoms with Crippen LogP contribution in [-0.2, 0) is 32.1 Å². The van der Waals surface area contributed by atoms with Crippen molar-refractivity contribution in [2.75, 3.05) is 18.7 Å². The molecule has 2 atom stereocenters. The van der Waals surface area contributed by atoms with Crippen molar-refractivity contribution in [3.63, 3.8) is 0 Å². The molecule has 0 aromatic heterocycles. The number of fused-ring (bicyclic) bond motifs is 1. The van der Waals surface area contributed by atoms with Crippen molar-refractivity contribution in [3.8, 4) is 5.75 Å². The third-order valence-electron chi connectivity index (χ3n) is 5.96. The zero-order chi connectivity index (χ0) is 26.0. The molecule has 0 bridgehead atoms. The first-order valence-corrected chi connectivity index (χ1v) is 13.3. The van der Waals surface area contributed by atoms with E-state index in [1.54, 1.807) is 13.0 Å². The molecule has 2 heterocycles. The lowest BCUT2D eigenvalue weighted by atomic mass is 10.0. The maximum atomic E-state index is 13.1. The summed E-state index contributed by atoms with van der Waals surface area (Å²) in [6, 6.07) is 10.1. The van der Waals surface area contributed by atoms with E-state index in [0.717, 1.165) is 5.56 Å². The number of carbonyl (C=O) groups is 3. The topological polar surface area (TPSA) is 84.9 Å². The van der Waals surface area contributed by atoms with E-state index in [1.807, 2.05) is 30.3 Å². The first-order valence-electron chi connectivity index (χ1n) is 11.0. The quantitative estimate of drug-likeness (QED) is 0.287. The molecule has 0 radical (unpaired) electrons. The number of thioether (sulfide) groups is 1. The van der Waals surface area contributed by atoms with Crippen molar-refractivity contribution in [2.24, 2.45) is 0 Å². The highest BCUT2D eigenvalue weighted by atomic mass is 35.5. The van der Waals surface area contributed by atoms with Gasteiger partial charge in [0.05, 0.1) is 23.6 Å². The van der Waals surface area contributed by atoms with Crippen molar-refractivity contribution < 1.29 is 23.9 Å². The molecule has 2 aliphatic rings. The number of ether oxygens (including phenoxy) is 2. The minimum absolute atomic E-state index is 0.0627. The summed E-state index contributed by atoms with van der Waals surface area (Å²) in [5, 5.41) is 3.08. The molecule has 36 heavy (non-hydrogen) atoms. The molecule has 11 heteroatoms. The fourth-order valence-corrected chi connectivity index (χ4v) is 6.37. The van der Waals surface area contributed by atoms with E-state index in [4.69, 9.17) is 44.3 Å². The minimum atomic E-state index is -0.733. The predicted octanol–water partition coefficient (Wildman–Crippen LogP) is 4.49. The number of hydrogen-bond acceptors (Lipinski definition) is 6. The first-order chi connectivity index (χ1) is 17.3. The van der Waals surface area contributed by atoms with Crippen molar-refractivity contribution in [3.05, 3.63) is 74.4 Å². The highest BCUT2D eigenvalue weighted by molar-refractivity contribution is 8.00. The largest absolute Gasteiger partial charge is 0.495 e. The van der Waals surface area contributed by atoms with Gasteiger partial charge in [-0.25, -0.2) is 4.79 Å². The lowest BCUT2D eigenvalue weighted by molar-refractivity contribution is -0.153. The Morgan fingerprint density at radius 1 is 1.22 bits per heavy atom. The Labute approximate surface area is 228 Å². The number of carbonyl (C=O) groups excluding carboxylic acids is 3. The van der Waals surface area contributed by atoms with E-state index < -0.39 is 17.4 Å². The van der Waals surface area contributed by atoms with E-state index in [0.29, 0.717) is 38.2 Å². The van der Waals surface area contributed by atoms with Gasteiger partial charge in [0.25, 0.3) is 5.91 Å². The van der Waals surface area contributed by atoms with Crippen LogP contribution in [0.1, 0.15) is 16.7 Å². The maximum Gasteiger partial charge on any atom is 0.355 e.